The van der Waals surface area contributed by atoms with Gasteiger partial charge in [0.15, 0.2) is 0 Å². The summed E-state index contributed by atoms with van der Waals surface area (Å²) in [6.07, 6.45) is 10.2. The molecule has 134 valence electrons. The average Bonchev–Trinajstić information content (AvgIpc) is 2.44. The maximum absolute atomic E-state index is 10.4. The van der Waals surface area contributed by atoms with Crippen molar-refractivity contribution >= 4 is 7.82 Å². The Morgan fingerprint density at radius 2 is 1.50 bits per heavy atom. The molecule has 6 nitrogen and oxygen atoms in total. The lowest BCUT2D eigenvalue weighted by molar-refractivity contribution is -0.0155. The molecule has 0 aromatic heterocycles. The molecule has 1 atom stereocenters. The van der Waals surface area contributed by atoms with E-state index in [2.05, 4.69) is 11.4 Å². The summed E-state index contributed by atoms with van der Waals surface area (Å²) < 4.78 is 25.5. The smallest absolute Gasteiger partial charge is 0.376 e. The van der Waals surface area contributed by atoms with Crippen LogP contribution in [0.15, 0.2) is 0 Å². The van der Waals surface area contributed by atoms with Crippen LogP contribution in [-0.4, -0.2) is 42.3 Å². The lowest BCUT2D eigenvalue weighted by Crippen LogP contribution is -2.18. The first-order valence-corrected chi connectivity index (χ1v) is 9.88. The molecule has 0 aliphatic heterocycles. The number of unbranched alkanes of at least 4 members (excludes halogenated alkanes) is 7. The molecular formula is C15H33O6P. The third kappa shape index (κ3) is 18.1. The summed E-state index contributed by atoms with van der Waals surface area (Å²) >= 11 is 0. The second kappa shape index (κ2) is 14.6. The number of rotatable bonds is 16. The highest BCUT2D eigenvalue weighted by Crippen LogP contribution is 2.35. The normalized spacial score (nSPS) is 13.5. The van der Waals surface area contributed by atoms with E-state index in [1.54, 1.807) is 0 Å². The predicted molar refractivity (Wildman–Crippen MR) is 86.8 cm³/mol. The molecule has 0 aromatic rings. The highest BCUT2D eigenvalue weighted by atomic mass is 31.2. The first kappa shape index (κ1) is 22.0. The highest BCUT2D eigenvalue weighted by Gasteiger charge is 2.12. The van der Waals surface area contributed by atoms with Crippen LogP contribution in [0, 0.1) is 0 Å². The Labute approximate surface area is 134 Å². The Morgan fingerprint density at radius 1 is 0.909 bits per heavy atom. The Morgan fingerprint density at radius 3 is 2.09 bits per heavy atom. The van der Waals surface area contributed by atoms with Crippen LogP contribution in [0.1, 0.15) is 65.2 Å². The van der Waals surface area contributed by atoms with Crippen LogP contribution >= 0.6 is 7.82 Å². The maximum atomic E-state index is 10.4. The molecular weight excluding hydrogens is 307 g/mol. The summed E-state index contributed by atoms with van der Waals surface area (Å²) in [5, 5.41) is 0. The van der Waals surface area contributed by atoms with Gasteiger partial charge in [-0.25, -0.2) is 4.57 Å². The summed E-state index contributed by atoms with van der Waals surface area (Å²) in [5.41, 5.74) is 0. The molecule has 0 radical (unpaired) electrons. The second-order valence-corrected chi connectivity index (χ2v) is 6.79. The molecule has 7 heteroatoms. The fourth-order valence-electron chi connectivity index (χ4n) is 2.03. The quantitative estimate of drug-likeness (QED) is 0.329. The van der Waals surface area contributed by atoms with Crippen LogP contribution in [0.3, 0.4) is 0 Å². The molecule has 0 bridgehead atoms. The lowest BCUT2D eigenvalue weighted by Gasteiger charge is -2.13. The fourth-order valence-corrected chi connectivity index (χ4v) is 2.35. The topological polar surface area (TPSA) is 85.2 Å². The van der Waals surface area contributed by atoms with E-state index in [1.807, 2.05) is 6.92 Å². The first-order valence-electron chi connectivity index (χ1n) is 8.35. The summed E-state index contributed by atoms with van der Waals surface area (Å²) in [5.74, 6) is 0. The zero-order valence-corrected chi connectivity index (χ0v) is 14.9. The molecule has 2 N–H and O–H groups in total. The van der Waals surface area contributed by atoms with Crippen molar-refractivity contribution < 1.29 is 28.3 Å². The second-order valence-electron chi connectivity index (χ2n) is 5.55. The Kier molecular flexibility index (Phi) is 14.6. The van der Waals surface area contributed by atoms with Gasteiger partial charge in [0.05, 0.1) is 25.9 Å². The summed E-state index contributed by atoms with van der Waals surface area (Å²) in [4.78, 5) is 17.0. The molecule has 0 aliphatic carbocycles. The number of hydrogen-bond donors (Lipinski definition) is 2. The third-order valence-corrected chi connectivity index (χ3v) is 3.76. The average molecular weight is 340 g/mol. The lowest BCUT2D eigenvalue weighted by atomic mass is 10.1. The van der Waals surface area contributed by atoms with Crippen molar-refractivity contribution in [1.29, 1.82) is 0 Å². The summed E-state index contributed by atoms with van der Waals surface area (Å²) in [6, 6.07) is 0. The van der Waals surface area contributed by atoms with Gasteiger partial charge >= 0.3 is 7.82 Å². The zero-order valence-electron chi connectivity index (χ0n) is 14.0. The van der Waals surface area contributed by atoms with Crippen molar-refractivity contribution in [3.05, 3.63) is 0 Å². The number of ether oxygens (including phenoxy) is 2. The van der Waals surface area contributed by atoms with Gasteiger partial charge in [0.1, 0.15) is 0 Å². The Balaban J connectivity index is 3.22. The molecule has 0 saturated heterocycles. The molecule has 0 aliphatic rings. The molecule has 0 spiro atoms. The van der Waals surface area contributed by atoms with Crippen LogP contribution < -0.4 is 0 Å². The van der Waals surface area contributed by atoms with Crippen LogP contribution in [0.4, 0.5) is 0 Å². The van der Waals surface area contributed by atoms with E-state index in [4.69, 9.17) is 19.3 Å². The highest BCUT2D eigenvalue weighted by molar-refractivity contribution is 7.46. The molecule has 0 heterocycles. The monoisotopic (exact) mass is 340 g/mol. The van der Waals surface area contributed by atoms with E-state index in [1.165, 1.54) is 44.9 Å². The first-order chi connectivity index (χ1) is 10.5. The minimum Gasteiger partial charge on any atom is -0.376 e. The molecule has 0 fully saturated rings. The summed E-state index contributed by atoms with van der Waals surface area (Å²) in [7, 11) is -4.38. The molecule has 1 unspecified atom stereocenters. The fraction of sp³-hybridized carbons (Fsp3) is 1.00. The zero-order chi connectivity index (χ0) is 16.7. The molecule has 22 heavy (non-hydrogen) atoms. The van der Waals surface area contributed by atoms with Crippen molar-refractivity contribution in [2.45, 2.75) is 71.3 Å². The van der Waals surface area contributed by atoms with Gasteiger partial charge < -0.3 is 19.3 Å². The maximum Gasteiger partial charge on any atom is 0.469 e. The van der Waals surface area contributed by atoms with Crippen LogP contribution in [0.5, 0.6) is 0 Å². The standard InChI is InChI=1S/C15H33O6P/c1-3-4-5-6-7-8-9-10-11-20-15(2)14-19-12-13-21-22(16,17)18/h15H,3-14H2,1-2H3,(H2,16,17,18). The van der Waals surface area contributed by atoms with E-state index in [9.17, 15) is 4.57 Å². The van der Waals surface area contributed by atoms with Crippen LogP contribution in [0.25, 0.3) is 0 Å². The van der Waals surface area contributed by atoms with Crippen molar-refractivity contribution in [1.82, 2.24) is 0 Å². The van der Waals surface area contributed by atoms with E-state index < -0.39 is 7.82 Å². The van der Waals surface area contributed by atoms with Gasteiger partial charge in [-0.15, -0.1) is 0 Å². The van der Waals surface area contributed by atoms with Crippen molar-refractivity contribution in [2.75, 3.05) is 26.4 Å². The van der Waals surface area contributed by atoms with Gasteiger partial charge in [0.25, 0.3) is 0 Å². The van der Waals surface area contributed by atoms with E-state index in [0.29, 0.717) is 6.61 Å². The number of phosphoric acid groups is 1. The van der Waals surface area contributed by atoms with Gasteiger partial charge in [0.2, 0.25) is 0 Å². The van der Waals surface area contributed by atoms with E-state index >= 15 is 0 Å². The van der Waals surface area contributed by atoms with Gasteiger partial charge in [-0.1, -0.05) is 51.9 Å². The minimum absolute atomic E-state index is 0.0142. The van der Waals surface area contributed by atoms with E-state index in [-0.39, 0.29) is 19.3 Å². The van der Waals surface area contributed by atoms with Gasteiger partial charge in [-0.3, -0.25) is 4.52 Å². The van der Waals surface area contributed by atoms with Gasteiger partial charge in [-0.2, -0.15) is 0 Å². The van der Waals surface area contributed by atoms with Crippen molar-refractivity contribution in [2.24, 2.45) is 0 Å². The number of hydrogen-bond acceptors (Lipinski definition) is 4. The molecule has 0 amide bonds. The van der Waals surface area contributed by atoms with Crippen LogP contribution in [0.2, 0.25) is 0 Å². The molecule has 0 rings (SSSR count). The van der Waals surface area contributed by atoms with Crippen molar-refractivity contribution in [3.8, 4) is 0 Å². The van der Waals surface area contributed by atoms with Crippen molar-refractivity contribution in [3.63, 3.8) is 0 Å². The Hall–Kier alpha value is 0.0300. The van der Waals surface area contributed by atoms with E-state index in [0.717, 1.165) is 13.0 Å². The predicted octanol–water partition coefficient (Wildman–Crippen LogP) is 3.66. The molecule has 0 saturated carbocycles. The molecule has 0 aromatic carbocycles. The minimum atomic E-state index is -4.38. The van der Waals surface area contributed by atoms with Crippen LogP contribution in [-0.2, 0) is 18.6 Å². The van der Waals surface area contributed by atoms with Gasteiger partial charge in [0, 0.05) is 6.61 Å². The Bertz CT molecular complexity index is 281. The summed E-state index contributed by atoms with van der Waals surface area (Å²) in [6.45, 7) is 5.33. The largest absolute Gasteiger partial charge is 0.469 e. The number of phosphoric ester groups is 1. The SMILES string of the molecule is CCCCCCCCCCOC(C)COCCOP(=O)(O)O. The van der Waals surface area contributed by atoms with Gasteiger partial charge in [-0.05, 0) is 13.3 Å². The third-order valence-electron chi connectivity index (χ3n) is 3.24.